The second-order valence-corrected chi connectivity index (χ2v) is 5.74. The summed E-state index contributed by atoms with van der Waals surface area (Å²) in [6.07, 6.45) is -4.43. The largest absolute Gasteiger partial charge is 0.496 e. The second-order valence-electron chi connectivity index (χ2n) is 5.74. The van der Waals surface area contributed by atoms with Gasteiger partial charge in [0.1, 0.15) is 5.75 Å². The minimum Gasteiger partial charge on any atom is -0.496 e. The standard InChI is InChI=1S/C18H12F3N3O2/c1-26-16-10-15-17(25)23(12-8-6-11(7-9-12)18(19,20)21)22-24(15)14-5-3-2-4-13(14)16/h2-10H,1H3/p+1. The van der Waals surface area contributed by atoms with E-state index in [9.17, 15) is 18.0 Å². The van der Waals surface area contributed by atoms with Gasteiger partial charge >= 0.3 is 11.7 Å². The van der Waals surface area contributed by atoms with Crippen molar-refractivity contribution in [3.63, 3.8) is 0 Å². The van der Waals surface area contributed by atoms with Gasteiger partial charge < -0.3 is 4.74 Å². The molecule has 2 heterocycles. The van der Waals surface area contributed by atoms with Crippen LogP contribution in [0.25, 0.3) is 22.1 Å². The molecule has 1 N–H and O–H groups in total. The van der Waals surface area contributed by atoms with Crippen LogP contribution in [0.1, 0.15) is 5.56 Å². The first kappa shape index (κ1) is 16.2. The van der Waals surface area contributed by atoms with E-state index >= 15 is 0 Å². The molecule has 0 atom stereocenters. The molecule has 0 unspecified atom stereocenters. The third-order valence-electron chi connectivity index (χ3n) is 4.21. The first-order valence-electron chi connectivity index (χ1n) is 7.70. The number of halogens is 3. The molecule has 0 bridgehead atoms. The Morgan fingerprint density at radius 2 is 1.73 bits per heavy atom. The van der Waals surface area contributed by atoms with Crippen molar-refractivity contribution in [2.75, 3.05) is 7.11 Å². The van der Waals surface area contributed by atoms with Crippen molar-refractivity contribution >= 4 is 16.4 Å². The van der Waals surface area contributed by atoms with Crippen molar-refractivity contribution in [2.45, 2.75) is 6.18 Å². The fraction of sp³-hybridized carbons (Fsp3) is 0.111. The molecule has 0 spiro atoms. The van der Waals surface area contributed by atoms with Crippen LogP contribution in [0.4, 0.5) is 13.2 Å². The van der Waals surface area contributed by atoms with E-state index in [4.69, 9.17) is 4.74 Å². The van der Waals surface area contributed by atoms with Crippen LogP contribution < -0.4 is 14.8 Å². The highest BCUT2D eigenvalue weighted by molar-refractivity contribution is 5.84. The molecule has 0 fully saturated rings. The number of fused-ring (bicyclic) bond motifs is 3. The van der Waals surface area contributed by atoms with Crippen molar-refractivity contribution in [1.82, 2.24) is 9.90 Å². The van der Waals surface area contributed by atoms with E-state index in [2.05, 4.69) is 5.21 Å². The summed E-state index contributed by atoms with van der Waals surface area (Å²) in [5.41, 5.74) is 0.166. The summed E-state index contributed by atoms with van der Waals surface area (Å²) in [6.45, 7) is 0. The maximum Gasteiger partial charge on any atom is 0.416 e. The Hall–Kier alpha value is -3.29. The molecule has 26 heavy (non-hydrogen) atoms. The summed E-state index contributed by atoms with van der Waals surface area (Å²) in [5, 5.41) is 3.72. The van der Waals surface area contributed by atoms with E-state index in [0.717, 1.165) is 17.5 Å². The number of aromatic amines is 1. The summed E-state index contributed by atoms with van der Waals surface area (Å²) in [5.74, 6) is 0.538. The van der Waals surface area contributed by atoms with E-state index in [0.29, 0.717) is 22.5 Å². The van der Waals surface area contributed by atoms with Crippen molar-refractivity contribution in [3.8, 4) is 11.4 Å². The number of pyridine rings is 1. The highest BCUT2D eigenvalue weighted by Gasteiger charge is 2.30. The van der Waals surface area contributed by atoms with E-state index in [1.54, 1.807) is 10.6 Å². The highest BCUT2D eigenvalue weighted by atomic mass is 19.4. The van der Waals surface area contributed by atoms with Crippen LogP contribution in [0.2, 0.25) is 0 Å². The first-order chi connectivity index (χ1) is 12.4. The maximum absolute atomic E-state index is 12.8. The summed E-state index contributed by atoms with van der Waals surface area (Å²) in [4.78, 5) is 12.8. The van der Waals surface area contributed by atoms with E-state index in [-0.39, 0.29) is 0 Å². The van der Waals surface area contributed by atoms with Gasteiger partial charge in [0, 0.05) is 6.07 Å². The molecule has 4 rings (SSSR count). The molecule has 0 saturated heterocycles. The molecule has 132 valence electrons. The van der Waals surface area contributed by atoms with Gasteiger partial charge in [-0.15, -0.1) is 4.52 Å². The molecule has 0 amide bonds. The Bertz CT molecular complexity index is 1170. The minimum absolute atomic E-state index is 0.301. The van der Waals surface area contributed by atoms with Gasteiger partial charge in [0.25, 0.3) is 0 Å². The number of nitrogens with zero attached hydrogens (tertiary/aromatic N) is 2. The summed E-state index contributed by atoms with van der Waals surface area (Å²) >= 11 is 0. The van der Waals surface area contributed by atoms with Crippen molar-refractivity contribution < 1.29 is 22.4 Å². The van der Waals surface area contributed by atoms with Gasteiger partial charge in [-0.05, 0) is 36.4 Å². The summed E-state index contributed by atoms with van der Waals surface area (Å²) in [7, 11) is 1.51. The van der Waals surface area contributed by atoms with Gasteiger partial charge in [0.2, 0.25) is 5.52 Å². The van der Waals surface area contributed by atoms with Crippen LogP contribution >= 0.6 is 0 Å². The predicted octanol–water partition coefficient (Wildman–Crippen LogP) is 3.08. The van der Waals surface area contributed by atoms with E-state index in [1.807, 2.05) is 24.3 Å². The molecular formula is C18H13F3N3O2+. The van der Waals surface area contributed by atoms with E-state index in [1.165, 1.54) is 23.9 Å². The Kier molecular flexibility index (Phi) is 3.50. The number of hydrogen-bond acceptors (Lipinski definition) is 2. The van der Waals surface area contributed by atoms with Crippen molar-refractivity contribution in [2.24, 2.45) is 0 Å². The summed E-state index contributed by atoms with van der Waals surface area (Å²) in [6, 6.07) is 13.3. The molecular weight excluding hydrogens is 347 g/mol. The molecule has 2 aromatic carbocycles. The third-order valence-corrected chi connectivity index (χ3v) is 4.21. The first-order valence-corrected chi connectivity index (χ1v) is 7.70. The quantitative estimate of drug-likeness (QED) is 0.559. The number of nitrogens with one attached hydrogen (secondary N) is 1. The van der Waals surface area contributed by atoms with Crippen LogP contribution in [0.3, 0.4) is 0 Å². The normalized spacial score (nSPS) is 12.0. The number of H-pyrrole nitrogens is 1. The van der Waals surface area contributed by atoms with Gasteiger partial charge in [-0.2, -0.15) is 13.2 Å². The lowest BCUT2D eigenvalue weighted by Gasteiger charge is -2.05. The van der Waals surface area contributed by atoms with Crippen LogP contribution in [-0.4, -0.2) is 17.0 Å². The summed E-state index contributed by atoms with van der Waals surface area (Å²) < 4.78 is 46.3. The lowest BCUT2D eigenvalue weighted by atomic mass is 10.2. The van der Waals surface area contributed by atoms with Gasteiger partial charge in [-0.25, -0.2) is 4.79 Å². The average Bonchev–Trinajstić information content (AvgIpc) is 2.97. The SMILES string of the molecule is COc1cc2c(=O)n(-c3ccc(C(F)(F)F)cc3)[nH][n+]2c2ccccc12. The van der Waals surface area contributed by atoms with Crippen LogP contribution in [0, 0.1) is 0 Å². The predicted molar refractivity (Wildman–Crippen MR) is 88.6 cm³/mol. The van der Waals surface area contributed by atoms with Crippen molar-refractivity contribution in [3.05, 3.63) is 70.5 Å². The zero-order valence-electron chi connectivity index (χ0n) is 13.5. The number of rotatable bonds is 2. The van der Waals surface area contributed by atoms with Crippen molar-refractivity contribution in [1.29, 1.82) is 0 Å². The Labute approximate surface area is 144 Å². The third kappa shape index (κ3) is 2.42. The lowest BCUT2D eigenvalue weighted by molar-refractivity contribution is -0.555. The topological polar surface area (TPSA) is 51.1 Å². The zero-order valence-corrected chi connectivity index (χ0v) is 13.5. The number of methoxy groups -OCH3 is 1. The number of para-hydroxylation sites is 1. The molecule has 0 aliphatic rings. The Morgan fingerprint density at radius 1 is 1.04 bits per heavy atom. The molecule has 8 heteroatoms. The molecule has 5 nitrogen and oxygen atoms in total. The second kappa shape index (κ2) is 5.62. The molecule has 4 aromatic rings. The van der Waals surface area contributed by atoms with Crippen LogP contribution in [0.5, 0.6) is 5.75 Å². The molecule has 2 aromatic heterocycles. The lowest BCUT2D eigenvalue weighted by Crippen LogP contribution is -2.26. The molecule has 0 aliphatic carbocycles. The van der Waals surface area contributed by atoms with Gasteiger partial charge in [0.15, 0.2) is 11.2 Å². The number of ether oxygens (including phenoxy) is 1. The number of hydrogen-bond donors (Lipinski definition) is 1. The Balaban J connectivity index is 1.96. The molecule has 0 radical (unpaired) electrons. The smallest absolute Gasteiger partial charge is 0.416 e. The maximum atomic E-state index is 12.8. The monoisotopic (exact) mass is 360 g/mol. The number of benzene rings is 2. The van der Waals surface area contributed by atoms with Gasteiger partial charge in [-0.3, -0.25) is 0 Å². The minimum atomic E-state index is -4.43. The fourth-order valence-electron chi connectivity index (χ4n) is 2.94. The van der Waals surface area contributed by atoms with E-state index < -0.39 is 17.3 Å². The molecule has 0 saturated carbocycles. The molecule has 0 aliphatic heterocycles. The van der Waals surface area contributed by atoms with Crippen LogP contribution in [-0.2, 0) is 6.18 Å². The average molecular weight is 360 g/mol. The zero-order chi connectivity index (χ0) is 18.5. The fourth-order valence-corrected chi connectivity index (χ4v) is 2.94. The number of aromatic nitrogens is 3. The van der Waals surface area contributed by atoms with Gasteiger partial charge in [-0.1, -0.05) is 22.0 Å². The highest BCUT2D eigenvalue weighted by Crippen LogP contribution is 2.29. The Morgan fingerprint density at radius 3 is 2.38 bits per heavy atom. The number of alkyl halides is 3. The van der Waals surface area contributed by atoms with Crippen LogP contribution in [0.15, 0.2) is 59.4 Å². The van der Waals surface area contributed by atoms with Gasteiger partial charge in [0.05, 0.1) is 18.1 Å².